The van der Waals surface area contributed by atoms with E-state index in [2.05, 4.69) is 57.2 Å². The van der Waals surface area contributed by atoms with Crippen molar-refractivity contribution in [1.29, 1.82) is 0 Å². The van der Waals surface area contributed by atoms with Gasteiger partial charge in [0.05, 0.1) is 20.8 Å². The second kappa shape index (κ2) is 11.6. The molecule has 1 aliphatic rings. The van der Waals surface area contributed by atoms with Crippen LogP contribution in [-0.2, 0) is 11.4 Å². The van der Waals surface area contributed by atoms with Gasteiger partial charge in [-0.3, -0.25) is 4.79 Å². The Balaban J connectivity index is 1.38. The Hall–Kier alpha value is -3.01. The van der Waals surface area contributed by atoms with Gasteiger partial charge in [0, 0.05) is 5.02 Å². The molecule has 1 saturated heterocycles. The van der Waals surface area contributed by atoms with Crippen LogP contribution < -0.4 is 14.8 Å². The smallest absolute Gasteiger partial charge is 0.264 e. The van der Waals surface area contributed by atoms with Crippen molar-refractivity contribution in [2.75, 3.05) is 6.61 Å². The van der Waals surface area contributed by atoms with E-state index in [1.54, 1.807) is 24.3 Å². The molecule has 0 aromatic heterocycles. The highest BCUT2D eigenvalue weighted by Gasteiger charge is 2.24. The molecular weight excluding hydrogens is 619 g/mol. The van der Waals surface area contributed by atoms with Crippen LogP contribution in [0.1, 0.15) is 18.1 Å². The van der Waals surface area contributed by atoms with E-state index in [9.17, 15) is 4.79 Å². The fourth-order valence-corrected chi connectivity index (χ4v) is 5.66. The zero-order valence-corrected chi connectivity index (χ0v) is 23.6. The molecule has 0 aliphatic carbocycles. The summed E-state index contributed by atoms with van der Waals surface area (Å²) in [7, 11) is 0. The minimum Gasteiger partial charge on any atom is -0.490 e. The van der Waals surface area contributed by atoms with E-state index in [-0.39, 0.29) is 5.91 Å². The molecule has 0 bridgehead atoms. The molecule has 186 valence electrons. The Morgan fingerprint density at radius 3 is 2.62 bits per heavy atom. The van der Waals surface area contributed by atoms with Gasteiger partial charge < -0.3 is 14.8 Å². The Morgan fingerprint density at radius 1 is 1.03 bits per heavy atom. The highest BCUT2D eigenvalue weighted by Crippen LogP contribution is 2.37. The monoisotopic (exact) mass is 640 g/mol. The number of aliphatic imine (C=N–C) groups is 1. The highest BCUT2D eigenvalue weighted by molar-refractivity contribution is 14.1. The van der Waals surface area contributed by atoms with E-state index in [0.29, 0.717) is 45.5 Å². The molecule has 4 aromatic rings. The van der Waals surface area contributed by atoms with Crippen LogP contribution in [0.2, 0.25) is 5.02 Å². The Labute approximate surface area is 238 Å². The first-order chi connectivity index (χ1) is 18.0. The van der Waals surface area contributed by atoms with Crippen LogP contribution >= 0.6 is 46.0 Å². The largest absolute Gasteiger partial charge is 0.490 e. The van der Waals surface area contributed by atoms with Gasteiger partial charge in [0.1, 0.15) is 6.61 Å². The summed E-state index contributed by atoms with van der Waals surface area (Å²) in [5, 5.41) is 6.32. The van der Waals surface area contributed by atoms with Gasteiger partial charge in [0.25, 0.3) is 5.91 Å². The van der Waals surface area contributed by atoms with Crippen molar-refractivity contribution in [2.45, 2.75) is 13.5 Å². The molecule has 5 rings (SSSR count). The third-order valence-electron chi connectivity index (χ3n) is 5.59. The molecule has 37 heavy (non-hydrogen) atoms. The third-order valence-corrected chi connectivity index (χ3v) is 7.55. The van der Waals surface area contributed by atoms with Crippen molar-refractivity contribution in [2.24, 2.45) is 4.99 Å². The number of benzene rings is 4. The van der Waals surface area contributed by atoms with Crippen LogP contribution in [0, 0.1) is 3.57 Å². The normalized spacial score (nSPS) is 15.4. The molecule has 4 aromatic carbocycles. The number of amidine groups is 1. The molecule has 8 heteroatoms. The number of thioether (sulfide) groups is 1. The van der Waals surface area contributed by atoms with Crippen LogP contribution in [0.3, 0.4) is 0 Å². The van der Waals surface area contributed by atoms with Gasteiger partial charge >= 0.3 is 0 Å². The molecular formula is C29H22ClIN2O3S. The predicted molar refractivity (Wildman–Crippen MR) is 161 cm³/mol. The van der Waals surface area contributed by atoms with Gasteiger partial charge in [-0.25, -0.2) is 4.99 Å². The van der Waals surface area contributed by atoms with Crippen molar-refractivity contribution in [1.82, 2.24) is 5.32 Å². The first-order valence-electron chi connectivity index (χ1n) is 11.6. The lowest BCUT2D eigenvalue weighted by molar-refractivity contribution is -0.115. The first-order valence-corrected chi connectivity index (χ1v) is 13.9. The molecule has 1 aliphatic heterocycles. The minimum atomic E-state index is -0.193. The number of amides is 1. The number of hydrogen-bond donors (Lipinski definition) is 1. The van der Waals surface area contributed by atoms with Crippen LogP contribution in [0.4, 0.5) is 5.69 Å². The van der Waals surface area contributed by atoms with Gasteiger partial charge in [-0.2, -0.15) is 0 Å². The number of rotatable bonds is 7. The summed E-state index contributed by atoms with van der Waals surface area (Å²) in [4.78, 5) is 17.7. The van der Waals surface area contributed by atoms with Crippen molar-refractivity contribution in [3.8, 4) is 11.5 Å². The zero-order chi connectivity index (χ0) is 25.8. The zero-order valence-electron chi connectivity index (χ0n) is 19.8. The Morgan fingerprint density at radius 2 is 1.81 bits per heavy atom. The molecule has 1 heterocycles. The Bertz CT molecular complexity index is 1530. The minimum absolute atomic E-state index is 0.193. The summed E-state index contributed by atoms with van der Waals surface area (Å²) in [5.74, 6) is 1.13. The first kappa shape index (κ1) is 25.6. The van der Waals surface area contributed by atoms with Crippen LogP contribution in [0.25, 0.3) is 16.8 Å². The maximum absolute atomic E-state index is 12.6. The summed E-state index contributed by atoms with van der Waals surface area (Å²) in [6, 6.07) is 25.5. The average Bonchev–Trinajstić information content (AvgIpc) is 3.23. The Kier molecular flexibility index (Phi) is 8.02. The quantitative estimate of drug-likeness (QED) is 0.164. The molecule has 0 atom stereocenters. The molecule has 5 nitrogen and oxygen atoms in total. The van der Waals surface area contributed by atoms with Gasteiger partial charge in [-0.05, 0) is 106 Å². The molecule has 1 amide bonds. The number of halogens is 2. The molecule has 1 fully saturated rings. The van der Waals surface area contributed by atoms with Crippen molar-refractivity contribution in [3.63, 3.8) is 0 Å². The van der Waals surface area contributed by atoms with Gasteiger partial charge in [-0.1, -0.05) is 54.1 Å². The maximum atomic E-state index is 12.6. The lowest BCUT2D eigenvalue weighted by atomic mass is 10.1. The van der Waals surface area contributed by atoms with Gasteiger partial charge in [0.15, 0.2) is 16.7 Å². The summed E-state index contributed by atoms with van der Waals surface area (Å²) in [5.41, 5.74) is 2.67. The van der Waals surface area contributed by atoms with E-state index in [1.165, 1.54) is 22.5 Å². The number of ether oxygens (including phenoxy) is 2. The summed E-state index contributed by atoms with van der Waals surface area (Å²) >= 11 is 9.49. The average molecular weight is 641 g/mol. The number of nitrogens with one attached hydrogen (secondary N) is 1. The summed E-state index contributed by atoms with van der Waals surface area (Å²) in [6.07, 6.45) is 1.84. The van der Waals surface area contributed by atoms with Gasteiger partial charge in [0.2, 0.25) is 0 Å². The van der Waals surface area contributed by atoms with E-state index < -0.39 is 0 Å². The highest BCUT2D eigenvalue weighted by atomic mass is 127. The second-order valence-corrected chi connectivity index (χ2v) is 10.8. The number of carbonyl (C=O) groups excluding carboxylic acids is 1. The van der Waals surface area contributed by atoms with Crippen molar-refractivity contribution in [3.05, 3.63) is 103 Å². The summed E-state index contributed by atoms with van der Waals surface area (Å²) < 4.78 is 13.1. The lowest BCUT2D eigenvalue weighted by Crippen LogP contribution is -2.19. The number of nitrogens with zero attached hydrogens (tertiary/aromatic N) is 1. The van der Waals surface area contributed by atoms with E-state index in [1.807, 2.05) is 43.3 Å². The number of fused-ring (bicyclic) bond motifs is 1. The SMILES string of the molecule is CCOc1cc(/C=C2\SC(=Nc3ccc(Cl)cc3)NC2=O)cc(I)c1OCc1cccc2ccccc12. The fraction of sp³-hybridized carbons (Fsp3) is 0.103. The molecule has 0 radical (unpaired) electrons. The molecule has 0 spiro atoms. The lowest BCUT2D eigenvalue weighted by Gasteiger charge is -2.16. The van der Waals surface area contributed by atoms with Crippen LogP contribution in [0.5, 0.6) is 11.5 Å². The van der Waals surface area contributed by atoms with Crippen LogP contribution in [0.15, 0.2) is 88.8 Å². The van der Waals surface area contributed by atoms with E-state index in [4.69, 9.17) is 21.1 Å². The number of hydrogen-bond acceptors (Lipinski definition) is 5. The second-order valence-electron chi connectivity index (χ2n) is 8.15. The predicted octanol–water partition coefficient (Wildman–Crippen LogP) is 7.97. The maximum Gasteiger partial charge on any atom is 0.264 e. The summed E-state index contributed by atoms with van der Waals surface area (Å²) in [6.45, 7) is 2.85. The van der Waals surface area contributed by atoms with E-state index in [0.717, 1.165) is 14.7 Å². The fourth-order valence-electron chi connectivity index (χ4n) is 3.91. The number of carbonyl (C=O) groups is 1. The standard InChI is InChI=1S/C29H22ClIN2O3S/c1-2-35-25-15-18(16-26-28(34)33-29(37-26)32-22-12-10-21(30)11-13-22)14-24(31)27(25)36-17-20-8-5-7-19-6-3-4-9-23(19)20/h3-16H,2,17H2,1H3,(H,32,33,34)/b26-16-. The van der Waals surface area contributed by atoms with Crippen LogP contribution in [-0.4, -0.2) is 17.7 Å². The van der Waals surface area contributed by atoms with E-state index >= 15 is 0 Å². The van der Waals surface area contributed by atoms with Gasteiger partial charge in [-0.15, -0.1) is 0 Å². The molecule has 0 unspecified atom stereocenters. The topological polar surface area (TPSA) is 59.9 Å². The van der Waals surface area contributed by atoms with Crippen molar-refractivity contribution >= 4 is 79.6 Å². The molecule has 0 saturated carbocycles. The third kappa shape index (κ3) is 6.11. The van der Waals surface area contributed by atoms with Crippen molar-refractivity contribution < 1.29 is 14.3 Å². The molecule has 1 N–H and O–H groups in total.